The standard InChI is InChI=1S/C16H25N3O2/c1-19(12-13-6-4-9-15(13)20)16(21)18-11-5-8-14-7-2-3-10-17-14/h2-3,7,10,13,15,20H,4-6,8-9,11-12H2,1H3,(H,18,21). The van der Waals surface area contributed by atoms with Gasteiger partial charge in [0.05, 0.1) is 6.10 Å². The highest BCUT2D eigenvalue weighted by molar-refractivity contribution is 5.73. The van der Waals surface area contributed by atoms with Gasteiger partial charge in [0.15, 0.2) is 0 Å². The van der Waals surface area contributed by atoms with Gasteiger partial charge >= 0.3 is 6.03 Å². The summed E-state index contributed by atoms with van der Waals surface area (Å²) in [6, 6.07) is 5.81. The molecule has 2 amide bonds. The highest BCUT2D eigenvalue weighted by Gasteiger charge is 2.27. The van der Waals surface area contributed by atoms with E-state index in [4.69, 9.17) is 0 Å². The zero-order valence-electron chi connectivity index (χ0n) is 12.7. The molecule has 0 spiro atoms. The average Bonchev–Trinajstić information content (AvgIpc) is 2.89. The first kappa shape index (κ1) is 15.8. The molecule has 1 saturated carbocycles. The Hall–Kier alpha value is -1.62. The van der Waals surface area contributed by atoms with E-state index in [1.54, 1.807) is 18.1 Å². The second-order valence-electron chi connectivity index (χ2n) is 5.80. The van der Waals surface area contributed by atoms with Crippen molar-refractivity contribution >= 4 is 6.03 Å². The van der Waals surface area contributed by atoms with Crippen LogP contribution in [0.2, 0.25) is 0 Å². The van der Waals surface area contributed by atoms with Crippen molar-refractivity contribution in [2.24, 2.45) is 5.92 Å². The van der Waals surface area contributed by atoms with Gasteiger partial charge in [-0.3, -0.25) is 4.98 Å². The third-order valence-corrected chi connectivity index (χ3v) is 4.09. The maximum atomic E-state index is 12.0. The molecule has 1 aromatic heterocycles. The van der Waals surface area contributed by atoms with E-state index in [0.29, 0.717) is 13.1 Å². The molecule has 2 unspecified atom stereocenters. The highest BCUT2D eigenvalue weighted by Crippen LogP contribution is 2.25. The molecule has 5 nitrogen and oxygen atoms in total. The van der Waals surface area contributed by atoms with Crippen molar-refractivity contribution in [3.8, 4) is 0 Å². The van der Waals surface area contributed by atoms with Crippen molar-refractivity contribution in [3.05, 3.63) is 30.1 Å². The third-order valence-electron chi connectivity index (χ3n) is 4.09. The SMILES string of the molecule is CN(CC1CCCC1O)C(=O)NCCCc1ccccn1. The monoisotopic (exact) mass is 291 g/mol. The molecular formula is C16H25N3O2. The van der Waals surface area contributed by atoms with Gasteiger partial charge in [-0.15, -0.1) is 0 Å². The van der Waals surface area contributed by atoms with Gasteiger partial charge in [0.1, 0.15) is 0 Å². The average molecular weight is 291 g/mol. The van der Waals surface area contributed by atoms with Crippen LogP contribution in [0.25, 0.3) is 0 Å². The van der Waals surface area contributed by atoms with Gasteiger partial charge in [-0.2, -0.15) is 0 Å². The van der Waals surface area contributed by atoms with E-state index < -0.39 is 0 Å². The number of nitrogens with one attached hydrogen (secondary N) is 1. The fourth-order valence-electron chi connectivity index (χ4n) is 2.81. The summed E-state index contributed by atoms with van der Waals surface area (Å²) in [7, 11) is 1.79. The largest absolute Gasteiger partial charge is 0.393 e. The molecule has 2 rings (SSSR count). The molecule has 0 radical (unpaired) electrons. The third kappa shape index (κ3) is 5.01. The normalized spacial score (nSPS) is 21.2. The predicted octanol–water partition coefficient (Wildman–Crippen LogP) is 1.82. The smallest absolute Gasteiger partial charge is 0.317 e. The number of rotatable bonds is 6. The second-order valence-corrected chi connectivity index (χ2v) is 5.80. The van der Waals surface area contributed by atoms with Crippen LogP contribution in [0.1, 0.15) is 31.4 Å². The van der Waals surface area contributed by atoms with Gasteiger partial charge in [0.25, 0.3) is 0 Å². The summed E-state index contributed by atoms with van der Waals surface area (Å²) in [6.45, 7) is 1.28. The van der Waals surface area contributed by atoms with Gasteiger partial charge in [-0.1, -0.05) is 12.5 Å². The highest BCUT2D eigenvalue weighted by atomic mass is 16.3. The second kappa shape index (κ2) is 7.98. The number of hydrogen-bond donors (Lipinski definition) is 2. The molecule has 5 heteroatoms. The van der Waals surface area contributed by atoms with Crippen LogP contribution >= 0.6 is 0 Å². The molecule has 1 aliphatic rings. The Bertz CT molecular complexity index is 438. The first-order valence-electron chi connectivity index (χ1n) is 7.74. The lowest BCUT2D eigenvalue weighted by Crippen LogP contribution is -2.41. The molecule has 1 fully saturated rings. The Morgan fingerprint density at radius 3 is 3.00 bits per heavy atom. The van der Waals surface area contributed by atoms with E-state index in [2.05, 4.69) is 10.3 Å². The summed E-state index contributed by atoms with van der Waals surface area (Å²) >= 11 is 0. The number of aryl methyl sites for hydroxylation is 1. The summed E-state index contributed by atoms with van der Waals surface area (Å²) in [5.41, 5.74) is 1.05. The zero-order valence-corrected chi connectivity index (χ0v) is 12.7. The van der Waals surface area contributed by atoms with Crippen molar-refractivity contribution in [1.29, 1.82) is 0 Å². The van der Waals surface area contributed by atoms with Crippen molar-refractivity contribution in [3.63, 3.8) is 0 Å². The minimum Gasteiger partial charge on any atom is -0.393 e. The van der Waals surface area contributed by atoms with E-state index in [1.807, 2.05) is 18.2 Å². The Morgan fingerprint density at radius 2 is 2.33 bits per heavy atom. The number of hydrogen-bond acceptors (Lipinski definition) is 3. The van der Waals surface area contributed by atoms with Crippen LogP contribution in [0, 0.1) is 5.92 Å². The van der Waals surface area contributed by atoms with E-state index >= 15 is 0 Å². The van der Waals surface area contributed by atoms with Crippen molar-refractivity contribution in [1.82, 2.24) is 15.2 Å². The summed E-state index contributed by atoms with van der Waals surface area (Å²) in [5, 5.41) is 12.7. The molecule has 0 saturated heterocycles. The number of urea groups is 1. The number of carbonyl (C=O) groups is 1. The fourth-order valence-corrected chi connectivity index (χ4v) is 2.81. The Kier molecular flexibility index (Phi) is 5.99. The van der Waals surface area contributed by atoms with Gasteiger partial charge in [0, 0.05) is 37.9 Å². The lowest BCUT2D eigenvalue weighted by atomic mass is 10.1. The quantitative estimate of drug-likeness (QED) is 0.786. The molecule has 0 bridgehead atoms. The summed E-state index contributed by atoms with van der Waals surface area (Å²) in [5.74, 6) is 0.231. The van der Waals surface area contributed by atoms with Crippen LogP contribution in [-0.4, -0.2) is 47.3 Å². The Labute approximate surface area is 126 Å². The molecule has 2 N–H and O–H groups in total. The lowest BCUT2D eigenvalue weighted by Gasteiger charge is -2.23. The minimum atomic E-state index is -0.246. The number of aliphatic hydroxyl groups excluding tert-OH is 1. The topological polar surface area (TPSA) is 65.5 Å². The minimum absolute atomic E-state index is 0.0601. The van der Waals surface area contributed by atoms with E-state index in [9.17, 15) is 9.90 Å². The van der Waals surface area contributed by atoms with Crippen LogP contribution in [0.3, 0.4) is 0 Å². The van der Waals surface area contributed by atoms with Gasteiger partial charge in [-0.05, 0) is 37.8 Å². The number of carbonyl (C=O) groups excluding carboxylic acids is 1. The van der Waals surface area contributed by atoms with Gasteiger partial charge in [-0.25, -0.2) is 4.79 Å². The number of amides is 2. The first-order valence-corrected chi connectivity index (χ1v) is 7.74. The molecule has 0 aromatic carbocycles. The number of pyridine rings is 1. The van der Waals surface area contributed by atoms with Gasteiger partial charge in [0.2, 0.25) is 0 Å². The number of aromatic nitrogens is 1. The molecule has 21 heavy (non-hydrogen) atoms. The summed E-state index contributed by atoms with van der Waals surface area (Å²) in [6.07, 6.45) is 6.22. The summed E-state index contributed by atoms with van der Waals surface area (Å²) in [4.78, 5) is 17.9. The first-order chi connectivity index (χ1) is 10.2. The van der Waals surface area contributed by atoms with Crippen LogP contribution in [0.4, 0.5) is 4.79 Å². The molecule has 1 heterocycles. The maximum absolute atomic E-state index is 12.0. The molecular weight excluding hydrogens is 266 g/mol. The van der Waals surface area contributed by atoms with Crippen LogP contribution in [0.15, 0.2) is 24.4 Å². The van der Waals surface area contributed by atoms with Crippen molar-refractivity contribution in [2.75, 3.05) is 20.1 Å². The fraction of sp³-hybridized carbons (Fsp3) is 0.625. The Morgan fingerprint density at radius 1 is 1.48 bits per heavy atom. The van der Waals surface area contributed by atoms with E-state index in [1.165, 1.54) is 0 Å². The summed E-state index contributed by atoms with van der Waals surface area (Å²) < 4.78 is 0. The Balaban J connectivity index is 1.62. The van der Waals surface area contributed by atoms with Crippen LogP contribution < -0.4 is 5.32 Å². The molecule has 2 atom stereocenters. The zero-order chi connectivity index (χ0) is 15.1. The number of aliphatic hydroxyl groups is 1. The van der Waals surface area contributed by atoms with E-state index in [0.717, 1.165) is 37.8 Å². The molecule has 116 valence electrons. The van der Waals surface area contributed by atoms with Crippen molar-refractivity contribution < 1.29 is 9.90 Å². The molecule has 1 aliphatic carbocycles. The predicted molar refractivity (Wildman–Crippen MR) is 81.9 cm³/mol. The molecule has 1 aromatic rings. The maximum Gasteiger partial charge on any atom is 0.317 e. The van der Waals surface area contributed by atoms with Crippen molar-refractivity contribution in [2.45, 2.75) is 38.2 Å². The lowest BCUT2D eigenvalue weighted by molar-refractivity contribution is 0.114. The van der Waals surface area contributed by atoms with Crippen LogP contribution in [0.5, 0.6) is 0 Å². The van der Waals surface area contributed by atoms with Gasteiger partial charge < -0.3 is 15.3 Å². The number of nitrogens with zero attached hydrogens (tertiary/aromatic N) is 2. The van der Waals surface area contributed by atoms with Crippen LogP contribution in [-0.2, 0) is 6.42 Å². The molecule has 0 aliphatic heterocycles. The van der Waals surface area contributed by atoms with E-state index in [-0.39, 0.29) is 18.1 Å².